The zero-order valence-electron chi connectivity index (χ0n) is 16.7. The van der Waals surface area contributed by atoms with Crippen LogP contribution in [0, 0.1) is 23.6 Å². The summed E-state index contributed by atoms with van der Waals surface area (Å²) in [7, 11) is 0. The molecule has 0 spiro atoms. The van der Waals surface area contributed by atoms with Gasteiger partial charge in [0.05, 0.1) is 5.71 Å². The maximum Gasteiger partial charge on any atom is 0.271 e. The first-order valence-electron chi connectivity index (χ1n) is 9.43. The molecule has 1 aliphatic rings. The molecule has 0 unspecified atom stereocenters. The van der Waals surface area contributed by atoms with Crippen molar-refractivity contribution in [3.05, 3.63) is 46.8 Å². The summed E-state index contributed by atoms with van der Waals surface area (Å²) in [6.45, 7) is 7.58. The Hall–Kier alpha value is -2.83. The lowest BCUT2D eigenvalue weighted by molar-refractivity contribution is -0.125. The van der Waals surface area contributed by atoms with Crippen LogP contribution in [-0.2, 0) is 4.79 Å². The number of allylic oxidation sites excluding steroid dienone is 1. The smallest absolute Gasteiger partial charge is 0.271 e. The highest BCUT2D eigenvalue weighted by molar-refractivity contribution is 6.42. The molecule has 7 heteroatoms. The number of amides is 2. The number of benzene rings is 1. The summed E-state index contributed by atoms with van der Waals surface area (Å²) in [6, 6.07) is 2.75. The number of nitrogens with zero attached hydrogens (tertiary/aromatic N) is 1. The molecule has 0 aromatic heterocycles. The number of hydrogen-bond acceptors (Lipinski definition) is 4. The minimum Gasteiger partial charge on any atom is -0.349 e. The Labute approximate surface area is 164 Å². The summed E-state index contributed by atoms with van der Waals surface area (Å²) in [5.41, 5.74) is 0.344. The van der Waals surface area contributed by atoms with Crippen LogP contribution in [0.4, 0.5) is 4.39 Å². The highest BCUT2D eigenvalue weighted by atomic mass is 19.1. The third kappa shape index (κ3) is 5.12. The van der Waals surface area contributed by atoms with E-state index in [9.17, 15) is 14.0 Å². The van der Waals surface area contributed by atoms with Crippen molar-refractivity contribution in [2.45, 2.75) is 52.6 Å². The van der Waals surface area contributed by atoms with E-state index in [1.807, 2.05) is 20.8 Å². The molecule has 0 heterocycles. The van der Waals surface area contributed by atoms with Gasteiger partial charge in [-0.1, -0.05) is 0 Å². The predicted molar refractivity (Wildman–Crippen MR) is 108 cm³/mol. The van der Waals surface area contributed by atoms with E-state index >= 15 is 0 Å². The molecule has 2 amide bonds. The van der Waals surface area contributed by atoms with Crippen LogP contribution in [0.15, 0.2) is 24.3 Å². The Kier molecular flexibility index (Phi) is 6.83. The second-order valence-corrected chi connectivity index (χ2v) is 7.22. The van der Waals surface area contributed by atoms with Gasteiger partial charge in [0.2, 0.25) is 0 Å². The Morgan fingerprint density at radius 3 is 2.46 bits per heavy atom. The van der Waals surface area contributed by atoms with Gasteiger partial charge in [0.1, 0.15) is 11.5 Å². The Bertz CT molecular complexity index is 841. The van der Waals surface area contributed by atoms with E-state index in [0.717, 1.165) is 12.8 Å². The molecule has 1 aromatic carbocycles. The fourth-order valence-corrected chi connectivity index (χ4v) is 2.81. The first-order chi connectivity index (χ1) is 13.1. The highest BCUT2D eigenvalue weighted by Crippen LogP contribution is 2.21. The second-order valence-electron chi connectivity index (χ2n) is 7.22. The van der Waals surface area contributed by atoms with E-state index in [4.69, 9.17) is 10.8 Å². The number of nitrogens with one attached hydrogen (secondary N) is 3. The van der Waals surface area contributed by atoms with Gasteiger partial charge in [0, 0.05) is 29.8 Å². The average Bonchev–Trinajstić information content (AvgIpc) is 3.45. The molecule has 0 aliphatic heterocycles. The summed E-state index contributed by atoms with van der Waals surface area (Å²) in [5.74, 6) is -1.36. The van der Waals surface area contributed by atoms with Gasteiger partial charge >= 0.3 is 0 Å². The van der Waals surface area contributed by atoms with E-state index in [1.54, 1.807) is 4.90 Å². The van der Waals surface area contributed by atoms with Crippen molar-refractivity contribution in [3.63, 3.8) is 0 Å². The van der Waals surface area contributed by atoms with E-state index in [0.29, 0.717) is 6.54 Å². The number of carbonyl (C=O) groups excluding carboxylic acids is 2. The van der Waals surface area contributed by atoms with Crippen molar-refractivity contribution >= 4 is 23.2 Å². The van der Waals surface area contributed by atoms with E-state index in [1.165, 1.54) is 31.2 Å². The Morgan fingerprint density at radius 2 is 1.93 bits per heavy atom. The Morgan fingerprint density at radius 1 is 1.29 bits per heavy atom. The molecule has 0 saturated heterocycles. The van der Waals surface area contributed by atoms with Crippen molar-refractivity contribution in [2.75, 3.05) is 6.54 Å². The van der Waals surface area contributed by atoms with E-state index < -0.39 is 11.7 Å². The second kappa shape index (κ2) is 8.91. The molecule has 0 atom stereocenters. The van der Waals surface area contributed by atoms with Gasteiger partial charge in [-0.15, -0.1) is 0 Å². The summed E-state index contributed by atoms with van der Waals surface area (Å²) in [6.07, 6.45) is 4.38. The zero-order valence-corrected chi connectivity index (χ0v) is 16.7. The van der Waals surface area contributed by atoms with Crippen LogP contribution in [-0.4, -0.2) is 46.8 Å². The number of rotatable bonds is 8. The monoisotopic (exact) mass is 386 g/mol. The lowest BCUT2D eigenvalue weighted by atomic mass is 9.99. The van der Waals surface area contributed by atoms with Crippen LogP contribution in [0.3, 0.4) is 0 Å². The van der Waals surface area contributed by atoms with Gasteiger partial charge in [-0.3, -0.25) is 15.0 Å². The van der Waals surface area contributed by atoms with Crippen molar-refractivity contribution < 1.29 is 14.0 Å². The van der Waals surface area contributed by atoms with E-state index in [2.05, 4.69) is 5.32 Å². The molecule has 150 valence electrons. The van der Waals surface area contributed by atoms with Gasteiger partial charge in [0.15, 0.2) is 0 Å². The van der Waals surface area contributed by atoms with Crippen LogP contribution in [0.25, 0.3) is 0 Å². The lowest BCUT2D eigenvalue weighted by Gasteiger charge is -2.24. The van der Waals surface area contributed by atoms with Gasteiger partial charge in [-0.25, -0.2) is 4.39 Å². The molecule has 1 aliphatic carbocycles. The molecule has 3 N–H and O–H groups in total. The van der Waals surface area contributed by atoms with Crippen LogP contribution < -0.4 is 5.32 Å². The standard InChI is InChI=1S/C21H27FN4O2/c1-5-26(12(2)3)21(28)19(24)9-8-18(23)16-10-14(11-17(22)13(16)4)20(27)25-15-6-7-15/h8-12,15,23-24H,5-7H2,1-4H3,(H,25,27)/b9-8-,23-18?,24-19?. The molecular formula is C21H27FN4O2. The molecule has 0 bridgehead atoms. The number of hydrogen-bond donors (Lipinski definition) is 3. The molecular weight excluding hydrogens is 359 g/mol. The van der Waals surface area contributed by atoms with Crippen molar-refractivity contribution in [1.29, 1.82) is 10.8 Å². The van der Waals surface area contributed by atoms with Crippen molar-refractivity contribution in [2.24, 2.45) is 0 Å². The van der Waals surface area contributed by atoms with Crippen LogP contribution in [0.5, 0.6) is 0 Å². The first kappa shape index (κ1) is 21.5. The molecule has 1 fully saturated rings. The molecule has 2 rings (SSSR count). The van der Waals surface area contributed by atoms with Crippen LogP contribution >= 0.6 is 0 Å². The fraction of sp³-hybridized carbons (Fsp3) is 0.429. The fourth-order valence-electron chi connectivity index (χ4n) is 2.81. The third-order valence-electron chi connectivity index (χ3n) is 4.68. The average molecular weight is 386 g/mol. The van der Waals surface area contributed by atoms with Crippen LogP contribution in [0.2, 0.25) is 0 Å². The van der Waals surface area contributed by atoms with Crippen molar-refractivity contribution in [1.82, 2.24) is 10.2 Å². The summed E-state index contributed by atoms with van der Waals surface area (Å²) in [4.78, 5) is 26.1. The highest BCUT2D eigenvalue weighted by Gasteiger charge is 2.25. The number of halogens is 1. The zero-order chi connectivity index (χ0) is 21.0. The third-order valence-corrected chi connectivity index (χ3v) is 4.68. The van der Waals surface area contributed by atoms with E-state index in [-0.39, 0.29) is 46.1 Å². The quantitative estimate of drug-likeness (QED) is 0.598. The summed E-state index contributed by atoms with van der Waals surface area (Å²) < 4.78 is 14.3. The first-order valence-corrected chi connectivity index (χ1v) is 9.43. The molecule has 28 heavy (non-hydrogen) atoms. The van der Waals surface area contributed by atoms with Gasteiger partial charge in [-0.2, -0.15) is 0 Å². The maximum absolute atomic E-state index is 14.3. The summed E-state index contributed by atoms with van der Waals surface area (Å²) >= 11 is 0. The van der Waals surface area contributed by atoms with Gasteiger partial charge < -0.3 is 15.6 Å². The minimum atomic E-state index is -0.570. The molecule has 6 nitrogen and oxygen atoms in total. The van der Waals surface area contributed by atoms with Crippen molar-refractivity contribution in [3.8, 4) is 0 Å². The summed E-state index contributed by atoms with van der Waals surface area (Å²) in [5, 5.41) is 19.0. The lowest BCUT2D eigenvalue weighted by Crippen LogP contribution is -2.40. The van der Waals surface area contributed by atoms with Gasteiger partial charge in [-0.05, 0) is 70.4 Å². The molecule has 1 aromatic rings. The molecule has 1 saturated carbocycles. The Balaban J connectivity index is 2.19. The SMILES string of the molecule is CCN(C(=O)C(=N)/C=C\C(=N)c1cc(C(=O)NC2CC2)cc(F)c1C)C(C)C. The minimum absolute atomic E-state index is 0.0382. The number of carbonyl (C=O) groups is 2. The molecule has 0 radical (unpaired) electrons. The predicted octanol–water partition coefficient (Wildman–Crippen LogP) is 3.23. The normalized spacial score (nSPS) is 13.6. The largest absolute Gasteiger partial charge is 0.349 e. The van der Waals surface area contributed by atoms with Gasteiger partial charge in [0.25, 0.3) is 11.8 Å². The maximum atomic E-state index is 14.3. The topological polar surface area (TPSA) is 97.1 Å². The van der Waals surface area contributed by atoms with Crippen LogP contribution in [0.1, 0.15) is 55.1 Å².